The zero-order chi connectivity index (χ0) is 12.0. The van der Waals surface area contributed by atoms with Gasteiger partial charge in [-0.2, -0.15) is 0 Å². The highest BCUT2D eigenvalue weighted by Crippen LogP contribution is 2.30. The van der Waals surface area contributed by atoms with Crippen LogP contribution in [0.5, 0.6) is 0 Å². The predicted molar refractivity (Wildman–Crippen MR) is 68.6 cm³/mol. The summed E-state index contributed by atoms with van der Waals surface area (Å²) in [5, 5.41) is 10.3. The smallest absolute Gasteiger partial charge is 0.0502 e. The number of benzene rings is 1. The summed E-state index contributed by atoms with van der Waals surface area (Å²) < 4.78 is 0. The summed E-state index contributed by atoms with van der Waals surface area (Å²) in [7, 11) is 0. The van der Waals surface area contributed by atoms with Crippen LogP contribution in [0.15, 0.2) is 24.3 Å². The van der Waals surface area contributed by atoms with E-state index in [1.807, 2.05) is 24.3 Å². The van der Waals surface area contributed by atoms with Gasteiger partial charge >= 0.3 is 0 Å². The molecule has 0 radical (unpaired) electrons. The van der Waals surface area contributed by atoms with E-state index in [4.69, 9.17) is 17.3 Å². The Balaban J connectivity index is 2.87. The molecule has 0 aromatic heterocycles. The first-order valence-corrected chi connectivity index (χ1v) is 6.09. The molecular formula is C13H20ClNO. The van der Waals surface area contributed by atoms with Crippen molar-refractivity contribution < 1.29 is 5.11 Å². The van der Waals surface area contributed by atoms with Crippen molar-refractivity contribution in [3.8, 4) is 0 Å². The number of hydrogen-bond donors (Lipinski definition) is 2. The van der Waals surface area contributed by atoms with Crippen molar-refractivity contribution >= 4 is 11.6 Å². The lowest BCUT2D eigenvalue weighted by Gasteiger charge is -2.30. The molecule has 1 unspecified atom stereocenters. The van der Waals surface area contributed by atoms with Gasteiger partial charge in [-0.15, -0.1) is 0 Å². The van der Waals surface area contributed by atoms with Gasteiger partial charge in [0, 0.05) is 17.0 Å². The molecule has 0 bridgehead atoms. The highest BCUT2D eigenvalue weighted by Gasteiger charge is 2.27. The molecule has 0 aliphatic rings. The lowest BCUT2D eigenvalue weighted by molar-refractivity contribution is 0.121. The van der Waals surface area contributed by atoms with Crippen LogP contribution < -0.4 is 5.73 Å². The number of aliphatic hydroxyl groups is 1. The summed E-state index contributed by atoms with van der Waals surface area (Å²) in [4.78, 5) is 0. The van der Waals surface area contributed by atoms with Crippen LogP contribution in [-0.4, -0.2) is 18.3 Å². The molecule has 0 aliphatic carbocycles. The van der Waals surface area contributed by atoms with Crippen molar-refractivity contribution in [3.05, 3.63) is 34.9 Å². The van der Waals surface area contributed by atoms with E-state index in [1.54, 1.807) is 0 Å². The Bertz CT molecular complexity index is 323. The second-order valence-electron chi connectivity index (χ2n) is 4.38. The zero-order valence-electron chi connectivity index (χ0n) is 9.75. The van der Waals surface area contributed by atoms with E-state index in [1.165, 1.54) is 0 Å². The van der Waals surface area contributed by atoms with Gasteiger partial charge in [-0.05, 0) is 24.5 Å². The van der Waals surface area contributed by atoms with Crippen molar-refractivity contribution in [2.45, 2.75) is 26.2 Å². The molecule has 3 heteroatoms. The van der Waals surface area contributed by atoms with Crippen molar-refractivity contribution in [2.75, 3.05) is 13.2 Å². The third-order valence-electron chi connectivity index (χ3n) is 3.07. The van der Waals surface area contributed by atoms with Gasteiger partial charge in [-0.25, -0.2) is 0 Å². The average Bonchev–Trinajstić information content (AvgIpc) is 2.31. The number of halogens is 1. The molecule has 0 saturated heterocycles. The molecule has 0 spiro atoms. The topological polar surface area (TPSA) is 46.2 Å². The fourth-order valence-corrected chi connectivity index (χ4v) is 2.24. The Morgan fingerprint density at radius 1 is 1.38 bits per heavy atom. The van der Waals surface area contributed by atoms with Crippen LogP contribution in [-0.2, 0) is 6.42 Å². The van der Waals surface area contributed by atoms with Gasteiger partial charge in [-0.1, -0.05) is 43.1 Å². The van der Waals surface area contributed by atoms with E-state index in [2.05, 4.69) is 6.92 Å². The van der Waals surface area contributed by atoms with Crippen LogP contribution in [0.1, 0.15) is 25.3 Å². The molecular weight excluding hydrogens is 222 g/mol. The monoisotopic (exact) mass is 241 g/mol. The molecule has 90 valence electrons. The van der Waals surface area contributed by atoms with Crippen molar-refractivity contribution in [3.63, 3.8) is 0 Å². The molecule has 0 heterocycles. The first-order valence-electron chi connectivity index (χ1n) is 5.72. The van der Waals surface area contributed by atoms with Gasteiger partial charge < -0.3 is 10.8 Å². The fraction of sp³-hybridized carbons (Fsp3) is 0.538. The Kier molecular flexibility index (Phi) is 5.26. The highest BCUT2D eigenvalue weighted by molar-refractivity contribution is 6.31. The van der Waals surface area contributed by atoms with E-state index in [0.717, 1.165) is 29.8 Å². The fourth-order valence-electron chi connectivity index (χ4n) is 2.04. The normalized spacial score (nSPS) is 14.8. The van der Waals surface area contributed by atoms with Gasteiger partial charge in [0.25, 0.3) is 0 Å². The number of nitrogens with two attached hydrogens (primary N) is 1. The van der Waals surface area contributed by atoms with Crippen LogP contribution in [0.4, 0.5) is 0 Å². The SMILES string of the molecule is CCCC(CN)(CO)Cc1ccccc1Cl. The maximum Gasteiger partial charge on any atom is 0.0502 e. The number of hydrogen-bond acceptors (Lipinski definition) is 2. The molecule has 16 heavy (non-hydrogen) atoms. The van der Waals surface area contributed by atoms with Gasteiger partial charge in [0.2, 0.25) is 0 Å². The summed E-state index contributed by atoms with van der Waals surface area (Å²) in [6.07, 6.45) is 2.68. The molecule has 3 N–H and O–H groups in total. The minimum atomic E-state index is -0.222. The van der Waals surface area contributed by atoms with Gasteiger partial charge in [-0.3, -0.25) is 0 Å². The average molecular weight is 242 g/mol. The van der Waals surface area contributed by atoms with Crippen LogP contribution in [0, 0.1) is 5.41 Å². The minimum Gasteiger partial charge on any atom is -0.396 e. The third kappa shape index (κ3) is 3.21. The highest BCUT2D eigenvalue weighted by atomic mass is 35.5. The Morgan fingerprint density at radius 3 is 2.56 bits per heavy atom. The van der Waals surface area contributed by atoms with Crippen molar-refractivity contribution in [1.82, 2.24) is 0 Å². The van der Waals surface area contributed by atoms with E-state index in [0.29, 0.717) is 6.54 Å². The summed E-state index contributed by atoms with van der Waals surface area (Å²) in [5.74, 6) is 0. The quantitative estimate of drug-likeness (QED) is 0.804. The van der Waals surface area contributed by atoms with Crippen molar-refractivity contribution in [2.24, 2.45) is 11.1 Å². The van der Waals surface area contributed by atoms with E-state index < -0.39 is 0 Å². The van der Waals surface area contributed by atoms with E-state index in [9.17, 15) is 5.11 Å². The Labute approximate surface area is 102 Å². The molecule has 1 aromatic carbocycles. The summed E-state index contributed by atoms with van der Waals surface area (Å²) in [6.45, 7) is 2.71. The maximum absolute atomic E-state index is 9.54. The standard InChI is InChI=1S/C13H20ClNO/c1-2-7-13(9-15,10-16)8-11-5-3-4-6-12(11)14/h3-6,16H,2,7-10,15H2,1H3. The Hall–Kier alpha value is -0.570. The largest absolute Gasteiger partial charge is 0.396 e. The second-order valence-corrected chi connectivity index (χ2v) is 4.79. The van der Waals surface area contributed by atoms with Gasteiger partial charge in [0.05, 0.1) is 6.61 Å². The summed E-state index contributed by atoms with van der Waals surface area (Å²) in [6, 6.07) is 7.75. The lowest BCUT2D eigenvalue weighted by Crippen LogP contribution is -2.36. The summed E-state index contributed by atoms with van der Waals surface area (Å²) in [5.41, 5.74) is 6.64. The van der Waals surface area contributed by atoms with Gasteiger partial charge in [0.1, 0.15) is 0 Å². The van der Waals surface area contributed by atoms with Crippen molar-refractivity contribution in [1.29, 1.82) is 0 Å². The molecule has 0 saturated carbocycles. The number of aliphatic hydroxyl groups excluding tert-OH is 1. The number of rotatable bonds is 6. The molecule has 2 nitrogen and oxygen atoms in total. The van der Waals surface area contributed by atoms with Crippen LogP contribution in [0.3, 0.4) is 0 Å². The van der Waals surface area contributed by atoms with E-state index >= 15 is 0 Å². The molecule has 0 amide bonds. The Morgan fingerprint density at radius 2 is 2.06 bits per heavy atom. The first-order chi connectivity index (χ1) is 7.67. The molecule has 1 atom stereocenters. The van der Waals surface area contributed by atoms with Crippen LogP contribution >= 0.6 is 11.6 Å². The third-order valence-corrected chi connectivity index (χ3v) is 3.44. The second kappa shape index (κ2) is 6.24. The zero-order valence-corrected chi connectivity index (χ0v) is 10.5. The van der Waals surface area contributed by atoms with E-state index in [-0.39, 0.29) is 12.0 Å². The van der Waals surface area contributed by atoms with Crippen LogP contribution in [0.2, 0.25) is 5.02 Å². The first kappa shape index (κ1) is 13.5. The predicted octanol–water partition coefficient (Wildman–Crippen LogP) is 2.62. The minimum absolute atomic E-state index is 0.114. The molecule has 1 aromatic rings. The van der Waals surface area contributed by atoms with Gasteiger partial charge in [0.15, 0.2) is 0 Å². The van der Waals surface area contributed by atoms with Crippen LogP contribution in [0.25, 0.3) is 0 Å². The maximum atomic E-state index is 9.54. The summed E-state index contributed by atoms with van der Waals surface area (Å²) >= 11 is 6.12. The molecule has 0 aliphatic heterocycles. The molecule has 1 rings (SSSR count). The lowest BCUT2D eigenvalue weighted by atomic mass is 9.78. The molecule has 0 fully saturated rings.